The number of methoxy groups -OCH3 is 1. The summed E-state index contributed by atoms with van der Waals surface area (Å²) in [4.78, 5) is 29.4. The number of nitrogens with one attached hydrogen (secondary N) is 1. The van der Waals surface area contributed by atoms with E-state index in [1.807, 2.05) is 13.0 Å². The molecule has 1 N–H and O–H groups in total. The molecule has 0 saturated carbocycles. The molecule has 0 fully saturated rings. The molecule has 0 atom stereocenters. The molecule has 3 aromatic rings. The molecular weight excluding hydrogens is 306 g/mol. The molecule has 24 heavy (non-hydrogen) atoms. The normalized spacial score (nSPS) is 10.6. The molecule has 0 radical (unpaired) electrons. The smallest absolute Gasteiger partial charge is 0.265 e. The number of pyridine rings is 2. The van der Waals surface area contributed by atoms with E-state index in [0.717, 1.165) is 5.39 Å². The molecule has 2 aromatic heterocycles. The monoisotopic (exact) mass is 323 g/mol. The Kier molecular flexibility index (Phi) is 4.29. The molecule has 0 aliphatic rings. The molecule has 0 saturated heterocycles. The predicted molar refractivity (Wildman–Crippen MR) is 92.6 cm³/mol. The number of carbonyl (C=O) groups excluding carboxylic acids is 1. The van der Waals surface area contributed by atoms with Gasteiger partial charge < -0.3 is 10.1 Å². The second kappa shape index (κ2) is 6.54. The van der Waals surface area contributed by atoms with Crippen LogP contribution in [0.5, 0.6) is 5.75 Å². The van der Waals surface area contributed by atoms with E-state index in [-0.39, 0.29) is 11.1 Å². The van der Waals surface area contributed by atoms with Gasteiger partial charge in [0.25, 0.3) is 11.5 Å². The van der Waals surface area contributed by atoms with Gasteiger partial charge in [-0.05, 0) is 37.3 Å². The summed E-state index contributed by atoms with van der Waals surface area (Å²) in [5, 5.41) is 3.48. The van der Waals surface area contributed by atoms with E-state index in [9.17, 15) is 9.59 Å². The molecule has 6 heteroatoms. The van der Waals surface area contributed by atoms with E-state index in [0.29, 0.717) is 23.6 Å². The number of hydrogen-bond donors (Lipinski definition) is 1. The van der Waals surface area contributed by atoms with Crippen LogP contribution in [-0.2, 0) is 6.54 Å². The predicted octanol–water partition coefficient (Wildman–Crippen LogP) is 2.68. The van der Waals surface area contributed by atoms with Gasteiger partial charge in [-0.3, -0.25) is 14.2 Å². The largest absolute Gasteiger partial charge is 0.497 e. The number of rotatable bonds is 4. The Bertz CT molecular complexity index is 963. The van der Waals surface area contributed by atoms with Crippen LogP contribution in [-0.4, -0.2) is 22.6 Å². The maximum atomic E-state index is 12.6. The van der Waals surface area contributed by atoms with Crippen LogP contribution in [0.3, 0.4) is 0 Å². The van der Waals surface area contributed by atoms with Crippen molar-refractivity contribution in [1.29, 1.82) is 0 Å². The lowest BCUT2D eigenvalue weighted by Gasteiger charge is -2.11. The average molecular weight is 323 g/mol. The fraction of sp³-hybridized carbons (Fsp3) is 0.167. The number of aryl methyl sites for hydroxylation is 1. The molecule has 0 spiro atoms. The summed E-state index contributed by atoms with van der Waals surface area (Å²) >= 11 is 0. The number of anilines is 1. The number of amides is 1. The summed E-state index contributed by atoms with van der Waals surface area (Å²) in [6.45, 7) is 2.28. The Labute approximate surface area is 138 Å². The molecule has 0 bridgehead atoms. The van der Waals surface area contributed by atoms with E-state index in [1.54, 1.807) is 49.7 Å². The third-order valence-electron chi connectivity index (χ3n) is 3.74. The third kappa shape index (κ3) is 2.86. The number of carbonyl (C=O) groups is 1. The second-order valence-corrected chi connectivity index (χ2v) is 5.21. The van der Waals surface area contributed by atoms with Crippen molar-refractivity contribution < 1.29 is 9.53 Å². The molecule has 2 heterocycles. The van der Waals surface area contributed by atoms with Crippen LogP contribution < -0.4 is 15.6 Å². The highest BCUT2D eigenvalue weighted by Gasteiger charge is 2.16. The zero-order valence-corrected chi connectivity index (χ0v) is 13.4. The molecular formula is C18H17N3O3. The highest BCUT2D eigenvalue weighted by Crippen LogP contribution is 2.18. The van der Waals surface area contributed by atoms with E-state index < -0.39 is 5.91 Å². The van der Waals surface area contributed by atoms with Crippen LogP contribution in [0, 0.1) is 0 Å². The lowest BCUT2D eigenvalue weighted by Crippen LogP contribution is -2.29. The highest BCUT2D eigenvalue weighted by atomic mass is 16.5. The van der Waals surface area contributed by atoms with Gasteiger partial charge in [0.15, 0.2) is 0 Å². The number of aromatic nitrogens is 2. The molecule has 0 aliphatic heterocycles. The van der Waals surface area contributed by atoms with Crippen LogP contribution in [0.25, 0.3) is 11.0 Å². The first-order valence-corrected chi connectivity index (χ1v) is 7.58. The minimum Gasteiger partial charge on any atom is -0.497 e. The van der Waals surface area contributed by atoms with E-state index in [2.05, 4.69) is 10.3 Å². The molecule has 3 rings (SSSR count). The highest BCUT2D eigenvalue weighted by molar-refractivity contribution is 6.05. The Hall–Kier alpha value is -3.15. The van der Waals surface area contributed by atoms with Crippen molar-refractivity contribution in [2.24, 2.45) is 0 Å². The fourth-order valence-corrected chi connectivity index (χ4v) is 2.56. The van der Waals surface area contributed by atoms with Gasteiger partial charge in [0.2, 0.25) is 0 Å². The molecule has 0 unspecified atom stereocenters. The number of fused-ring (bicyclic) bond motifs is 1. The van der Waals surface area contributed by atoms with Crippen molar-refractivity contribution in [2.45, 2.75) is 13.5 Å². The van der Waals surface area contributed by atoms with E-state index in [1.165, 1.54) is 4.57 Å². The van der Waals surface area contributed by atoms with Crippen LogP contribution in [0.1, 0.15) is 17.3 Å². The number of benzene rings is 1. The van der Waals surface area contributed by atoms with Gasteiger partial charge in [0.05, 0.1) is 7.11 Å². The van der Waals surface area contributed by atoms with Crippen molar-refractivity contribution in [3.63, 3.8) is 0 Å². The van der Waals surface area contributed by atoms with Gasteiger partial charge in [-0.25, -0.2) is 4.98 Å². The molecule has 0 aliphatic carbocycles. The minimum absolute atomic E-state index is 0.0835. The summed E-state index contributed by atoms with van der Waals surface area (Å²) in [7, 11) is 1.55. The standard InChI is InChI=1S/C18H17N3O3/c1-3-21-16-12(6-5-9-19-16)10-15(18(21)23)17(22)20-13-7-4-8-14(11-13)24-2/h4-11H,3H2,1-2H3,(H,20,22). The average Bonchev–Trinajstić information content (AvgIpc) is 2.61. The molecule has 1 amide bonds. The Morgan fingerprint density at radius 3 is 2.83 bits per heavy atom. The number of ether oxygens (including phenoxy) is 1. The topological polar surface area (TPSA) is 73.2 Å². The van der Waals surface area contributed by atoms with Crippen molar-refractivity contribution in [3.8, 4) is 5.75 Å². The zero-order chi connectivity index (χ0) is 17.1. The van der Waals surface area contributed by atoms with Gasteiger partial charge in [-0.1, -0.05) is 6.07 Å². The number of nitrogens with zero attached hydrogens (tertiary/aromatic N) is 2. The fourth-order valence-electron chi connectivity index (χ4n) is 2.56. The van der Waals surface area contributed by atoms with E-state index >= 15 is 0 Å². The van der Waals surface area contributed by atoms with Gasteiger partial charge in [0.1, 0.15) is 17.0 Å². The number of hydrogen-bond acceptors (Lipinski definition) is 4. The first-order chi connectivity index (χ1) is 11.6. The lowest BCUT2D eigenvalue weighted by atomic mass is 10.2. The van der Waals surface area contributed by atoms with Crippen LogP contribution in [0.15, 0.2) is 53.5 Å². The summed E-state index contributed by atoms with van der Waals surface area (Å²) in [5.41, 5.74) is 0.861. The molecule has 122 valence electrons. The van der Waals surface area contributed by atoms with Crippen molar-refractivity contribution >= 4 is 22.6 Å². The Morgan fingerprint density at radius 1 is 1.25 bits per heavy atom. The quantitative estimate of drug-likeness (QED) is 0.801. The SMILES string of the molecule is CCn1c(=O)c(C(=O)Nc2cccc(OC)c2)cc2cccnc21. The van der Waals surface area contributed by atoms with Gasteiger partial charge in [0, 0.05) is 29.9 Å². The first-order valence-electron chi connectivity index (χ1n) is 7.58. The van der Waals surface area contributed by atoms with Crippen LogP contribution in [0.2, 0.25) is 0 Å². The second-order valence-electron chi connectivity index (χ2n) is 5.21. The summed E-state index contributed by atoms with van der Waals surface area (Å²) < 4.78 is 6.63. The first kappa shape index (κ1) is 15.7. The van der Waals surface area contributed by atoms with E-state index in [4.69, 9.17) is 4.74 Å². The summed E-state index contributed by atoms with van der Waals surface area (Å²) in [5.74, 6) is 0.169. The zero-order valence-electron chi connectivity index (χ0n) is 13.4. The van der Waals surface area contributed by atoms with Crippen LogP contribution in [0.4, 0.5) is 5.69 Å². The van der Waals surface area contributed by atoms with Gasteiger partial charge in [-0.15, -0.1) is 0 Å². The van der Waals surface area contributed by atoms with Crippen LogP contribution >= 0.6 is 0 Å². The third-order valence-corrected chi connectivity index (χ3v) is 3.74. The molecule has 6 nitrogen and oxygen atoms in total. The van der Waals surface area contributed by atoms with Gasteiger partial charge in [-0.2, -0.15) is 0 Å². The Balaban J connectivity index is 2.03. The van der Waals surface area contributed by atoms with Crippen molar-refractivity contribution in [1.82, 2.24) is 9.55 Å². The minimum atomic E-state index is -0.457. The molecule has 1 aromatic carbocycles. The summed E-state index contributed by atoms with van der Waals surface area (Å²) in [6.07, 6.45) is 1.63. The lowest BCUT2D eigenvalue weighted by molar-refractivity contribution is 0.102. The van der Waals surface area contributed by atoms with Gasteiger partial charge >= 0.3 is 0 Å². The van der Waals surface area contributed by atoms with Crippen molar-refractivity contribution in [3.05, 3.63) is 64.6 Å². The maximum Gasteiger partial charge on any atom is 0.265 e. The Morgan fingerprint density at radius 2 is 2.08 bits per heavy atom. The van der Waals surface area contributed by atoms with Crippen molar-refractivity contribution in [2.75, 3.05) is 12.4 Å². The maximum absolute atomic E-state index is 12.6. The summed E-state index contributed by atoms with van der Waals surface area (Å²) in [6, 6.07) is 12.2.